The highest BCUT2D eigenvalue weighted by Crippen LogP contribution is 2.42. The molecular weight excluding hydrogens is 394 g/mol. The Kier molecular flexibility index (Phi) is 4.13. The Balaban J connectivity index is 1.65. The van der Waals surface area contributed by atoms with E-state index in [4.69, 9.17) is 0 Å². The Labute approximate surface area is 168 Å². The van der Waals surface area contributed by atoms with Crippen LogP contribution in [0.1, 0.15) is 11.1 Å². The number of H-pyrrole nitrogens is 1. The van der Waals surface area contributed by atoms with Crippen LogP contribution in [0, 0.1) is 11.7 Å². The highest BCUT2D eigenvalue weighted by atomic mass is 19.4. The number of rotatable bonds is 3. The number of hydrogen-bond acceptors (Lipinski definition) is 1. The average Bonchev–Trinajstić information content (AvgIpc) is 3.35. The van der Waals surface area contributed by atoms with Gasteiger partial charge in [0.15, 0.2) is 0 Å². The fourth-order valence-electron chi connectivity index (χ4n) is 3.75. The minimum Gasteiger partial charge on any atom is -0.361 e. The van der Waals surface area contributed by atoms with Gasteiger partial charge in [0, 0.05) is 22.5 Å². The van der Waals surface area contributed by atoms with Gasteiger partial charge in [-0.25, -0.2) is 9.07 Å². The summed E-state index contributed by atoms with van der Waals surface area (Å²) in [4.78, 5) is 2.95. The molecule has 0 saturated carbocycles. The van der Waals surface area contributed by atoms with Crippen LogP contribution in [0.2, 0.25) is 0 Å². The van der Waals surface area contributed by atoms with E-state index in [2.05, 4.69) is 10.1 Å². The number of aromatic amines is 1. The van der Waals surface area contributed by atoms with Crippen molar-refractivity contribution >= 4 is 21.8 Å². The predicted octanol–water partition coefficient (Wildman–Crippen LogP) is 6.18. The third-order valence-corrected chi connectivity index (χ3v) is 5.08. The van der Waals surface area contributed by atoms with E-state index in [1.807, 2.05) is 0 Å². The second-order valence-electron chi connectivity index (χ2n) is 6.92. The van der Waals surface area contributed by atoms with E-state index in [0.29, 0.717) is 27.5 Å². The highest BCUT2D eigenvalue weighted by molar-refractivity contribution is 5.88. The number of hydrogen-bond donors (Lipinski definition) is 1. The zero-order valence-electron chi connectivity index (χ0n) is 15.4. The average molecular weight is 408 g/mol. The van der Waals surface area contributed by atoms with Crippen molar-refractivity contribution < 1.29 is 17.6 Å². The molecule has 0 atom stereocenters. The Morgan fingerprint density at radius 1 is 0.933 bits per heavy atom. The number of nitrogens with zero attached hydrogens (tertiary/aromatic N) is 2. The molecule has 5 aromatic rings. The molecule has 0 aliphatic rings. The molecule has 1 radical (unpaired) electrons. The summed E-state index contributed by atoms with van der Waals surface area (Å²) in [5, 5.41) is 5.33. The normalized spacial score (nSPS) is 12.3. The molecule has 0 bridgehead atoms. The van der Waals surface area contributed by atoms with Crippen LogP contribution in [-0.4, -0.2) is 20.9 Å². The first-order chi connectivity index (χ1) is 14.4. The van der Waals surface area contributed by atoms with Crippen molar-refractivity contribution in [3.8, 4) is 5.69 Å². The van der Waals surface area contributed by atoms with Crippen LogP contribution in [0.4, 0.5) is 17.6 Å². The molecule has 7 heteroatoms. The van der Waals surface area contributed by atoms with Crippen molar-refractivity contribution in [2.75, 3.05) is 0 Å². The van der Waals surface area contributed by atoms with Gasteiger partial charge in [0.05, 0.1) is 17.4 Å². The summed E-state index contributed by atoms with van der Waals surface area (Å²) in [7, 11) is 0. The summed E-state index contributed by atoms with van der Waals surface area (Å²) < 4.78 is 57.2. The summed E-state index contributed by atoms with van der Waals surface area (Å²) in [6.45, 7) is 0. The van der Waals surface area contributed by atoms with Crippen molar-refractivity contribution in [1.82, 2.24) is 14.8 Å². The number of nitrogens with one attached hydrogen (secondary N) is 1. The maximum Gasteiger partial charge on any atom is 0.403 e. The minimum absolute atomic E-state index is 0.0577. The lowest BCUT2D eigenvalue weighted by atomic mass is 9.88. The zero-order valence-corrected chi connectivity index (χ0v) is 15.4. The van der Waals surface area contributed by atoms with Crippen LogP contribution in [0.25, 0.3) is 27.5 Å². The van der Waals surface area contributed by atoms with Gasteiger partial charge in [0.1, 0.15) is 11.7 Å². The number of benzene rings is 3. The van der Waals surface area contributed by atoms with Crippen LogP contribution in [0.3, 0.4) is 0 Å². The standard InChI is InChI=1S/C23H14F4N3/c24-16-5-7-17(8-6-16)30-21-9-4-14(12-15(21)13-29-30)22(23(25,26)27)19-2-1-3-20-18(19)10-11-28-20/h1-13,28H. The fourth-order valence-corrected chi connectivity index (χ4v) is 3.75. The summed E-state index contributed by atoms with van der Waals surface area (Å²) in [5.74, 6) is -1.08. The van der Waals surface area contributed by atoms with E-state index >= 15 is 0 Å². The van der Waals surface area contributed by atoms with Gasteiger partial charge < -0.3 is 4.98 Å². The highest BCUT2D eigenvalue weighted by Gasteiger charge is 2.43. The van der Waals surface area contributed by atoms with Gasteiger partial charge in [0.25, 0.3) is 0 Å². The molecule has 0 fully saturated rings. The van der Waals surface area contributed by atoms with Gasteiger partial charge in [-0.15, -0.1) is 0 Å². The topological polar surface area (TPSA) is 33.6 Å². The van der Waals surface area contributed by atoms with Crippen LogP contribution >= 0.6 is 0 Å². The third-order valence-electron chi connectivity index (χ3n) is 5.08. The summed E-state index contributed by atoms with van der Waals surface area (Å²) in [6.07, 6.45) is -1.42. The minimum atomic E-state index is -4.55. The molecule has 0 spiro atoms. The number of alkyl halides is 3. The number of fused-ring (bicyclic) bond motifs is 2. The van der Waals surface area contributed by atoms with Gasteiger partial charge in [0.2, 0.25) is 0 Å². The van der Waals surface area contributed by atoms with Crippen molar-refractivity contribution in [3.63, 3.8) is 0 Å². The molecule has 0 aliphatic heterocycles. The zero-order chi connectivity index (χ0) is 20.9. The molecule has 2 heterocycles. The quantitative estimate of drug-likeness (QED) is 0.356. The molecule has 149 valence electrons. The van der Waals surface area contributed by atoms with Crippen molar-refractivity contribution in [2.45, 2.75) is 6.18 Å². The molecule has 3 aromatic carbocycles. The Morgan fingerprint density at radius 3 is 2.50 bits per heavy atom. The van der Waals surface area contributed by atoms with E-state index in [9.17, 15) is 17.6 Å². The maximum atomic E-state index is 14.1. The molecule has 5 rings (SSSR count). The van der Waals surface area contributed by atoms with E-state index in [-0.39, 0.29) is 16.9 Å². The number of aromatic nitrogens is 3. The van der Waals surface area contributed by atoms with Crippen molar-refractivity contribution in [2.24, 2.45) is 0 Å². The summed E-state index contributed by atoms with van der Waals surface area (Å²) in [6, 6.07) is 16.7. The second kappa shape index (κ2) is 6.73. The molecule has 2 aromatic heterocycles. The molecular formula is C23H14F4N3. The van der Waals surface area contributed by atoms with E-state index in [1.165, 1.54) is 36.5 Å². The smallest absolute Gasteiger partial charge is 0.361 e. The SMILES string of the molecule is Fc1ccc(-n2ncc3cc([C](c4cccc5[nH]ccc45)C(F)(F)F)ccc32)cc1. The molecule has 0 amide bonds. The van der Waals surface area contributed by atoms with Gasteiger partial charge in [-0.3, -0.25) is 0 Å². The lowest BCUT2D eigenvalue weighted by molar-refractivity contribution is -0.104. The lowest BCUT2D eigenvalue weighted by Gasteiger charge is -2.21. The monoisotopic (exact) mass is 408 g/mol. The summed E-state index contributed by atoms with van der Waals surface area (Å²) in [5.41, 5.74) is 2.07. The molecule has 3 nitrogen and oxygen atoms in total. The Morgan fingerprint density at radius 2 is 1.73 bits per heavy atom. The third kappa shape index (κ3) is 3.03. The maximum absolute atomic E-state index is 14.1. The first-order valence-corrected chi connectivity index (χ1v) is 9.16. The van der Waals surface area contributed by atoms with Crippen LogP contribution in [0.15, 0.2) is 79.1 Å². The lowest BCUT2D eigenvalue weighted by Crippen LogP contribution is -2.23. The molecule has 30 heavy (non-hydrogen) atoms. The molecule has 0 unspecified atom stereocenters. The van der Waals surface area contributed by atoms with Gasteiger partial charge in [-0.05, 0) is 59.7 Å². The molecule has 0 aliphatic carbocycles. The van der Waals surface area contributed by atoms with E-state index < -0.39 is 12.1 Å². The van der Waals surface area contributed by atoms with Crippen LogP contribution < -0.4 is 0 Å². The first kappa shape index (κ1) is 18.4. The fraction of sp³-hybridized carbons (Fsp3) is 0.0435. The number of halogens is 4. The molecule has 1 N–H and O–H groups in total. The Bertz CT molecular complexity index is 1350. The second-order valence-corrected chi connectivity index (χ2v) is 6.92. The predicted molar refractivity (Wildman–Crippen MR) is 107 cm³/mol. The van der Waals surface area contributed by atoms with Crippen LogP contribution in [0.5, 0.6) is 0 Å². The van der Waals surface area contributed by atoms with Crippen molar-refractivity contribution in [3.05, 3.63) is 102 Å². The van der Waals surface area contributed by atoms with Gasteiger partial charge >= 0.3 is 6.18 Å². The van der Waals surface area contributed by atoms with E-state index in [0.717, 1.165) is 0 Å². The summed E-state index contributed by atoms with van der Waals surface area (Å²) >= 11 is 0. The largest absolute Gasteiger partial charge is 0.403 e. The van der Waals surface area contributed by atoms with Gasteiger partial charge in [-0.2, -0.15) is 18.3 Å². The van der Waals surface area contributed by atoms with E-state index in [1.54, 1.807) is 47.3 Å². The van der Waals surface area contributed by atoms with Crippen molar-refractivity contribution in [1.29, 1.82) is 0 Å². The molecule has 0 saturated heterocycles. The first-order valence-electron chi connectivity index (χ1n) is 9.16. The van der Waals surface area contributed by atoms with Gasteiger partial charge in [-0.1, -0.05) is 18.2 Å². The van der Waals surface area contributed by atoms with Crippen LogP contribution in [-0.2, 0) is 0 Å². The Hall–Kier alpha value is -3.61.